The van der Waals surface area contributed by atoms with E-state index in [1.165, 1.54) is 0 Å². The Balaban J connectivity index is 1.96. The molecule has 0 unspecified atom stereocenters. The van der Waals surface area contributed by atoms with Gasteiger partial charge in [0.1, 0.15) is 11.7 Å². The highest BCUT2D eigenvalue weighted by Gasteiger charge is 2.22. The lowest BCUT2D eigenvalue weighted by Crippen LogP contribution is -2.22. The minimum absolute atomic E-state index is 0.159. The SMILES string of the molecule is CC(C)(C)c1cc(NC(=O)Nc2cccc(Cl)c2Cl)n(-c2cccc(C(=N)NO)c2)n1. The molecule has 0 bridgehead atoms. The van der Waals surface area contributed by atoms with Crippen LogP contribution in [-0.4, -0.2) is 26.9 Å². The summed E-state index contributed by atoms with van der Waals surface area (Å²) in [5, 5.41) is 27.5. The Morgan fingerprint density at radius 1 is 1.10 bits per heavy atom. The van der Waals surface area contributed by atoms with Gasteiger partial charge >= 0.3 is 6.03 Å². The first-order valence-electron chi connectivity index (χ1n) is 9.32. The Bertz CT molecular complexity index is 1140. The third-order valence-electron chi connectivity index (χ3n) is 4.41. The summed E-state index contributed by atoms with van der Waals surface area (Å²) in [7, 11) is 0. The summed E-state index contributed by atoms with van der Waals surface area (Å²) in [6.07, 6.45) is 0. The zero-order valence-electron chi connectivity index (χ0n) is 17.1. The van der Waals surface area contributed by atoms with E-state index in [1.54, 1.807) is 53.2 Å². The number of aromatic nitrogens is 2. The molecule has 0 aliphatic rings. The van der Waals surface area contributed by atoms with Gasteiger partial charge in [0.2, 0.25) is 0 Å². The van der Waals surface area contributed by atoms with Crippen LogP contribution in [-0.2, 0) is 5.41 Å². The summed E-state index contributed by atoms with van der Waals surface area (Å²) in [5.41, 5.74) is 3.73. The normalized spacial score (nSPS) is 11.2. The van der Waals surface area contributed by atoms with Gasteiger partial charge in [-0.25, -0.2) is 9.48 Å². The van der Waals surface area contributed by atoms with Crippen molar-refractivity contribution in [3.05, 3.63) is 69.8 Å². The number of benzene rings is 2. The molecule has 162 valence electrons. The van der Waals surface area contributed by atoms with Crippen LogP contribution in [0.3, 0.4) is 0 Å². The zero-order chi connectivity index (χ0) is 22.8. The van der Waals surface area contributed by atoms with E-state index in [4.69, 9.17) is 33.8 Å². The van der Waals surface area contributed by atoms with Crippen LogP contribution < -0.4 is 16.1 Å². The van der Waals surface area contributed by atoms with Gasteiger partial charge in [-0.05, 0) is 24.3 Å². The average molecular weight is 461 g/mol. The maximum Gasteiger partial charge on any atom is 0.324 e. The monoisotopic (exact) mass is 460 g/mol. The maximum absolute atomic E-state index is 12.7. The summed E-state index contributed by atoms with van der Waals surface area (Å²) in [6, 6.07) is 13.1. The number of nitrogens with zero attached hydrogens (tertiary/aromatic N) is 2. The zero-order valence-corrected chi connectivity index (χ0v) is 18.6. The molecule has 1 aromatic heterocycles. The van der Waals surface area contributed by atoms with Crippen LogP contribution in [0.2, 0.25) is 10.0 Å². The van der Waals surface area contributed by atoms with Crippen molar-refractivity contribution in [2.75, 3.05) is 10.6 Å². The van der Waals surface area contributed by atoms with Crippen LogP contribution in [0.5, 0.6) is 0 Å². The number of urea groups is 1. The molecule has 0 aliphatic heterocycles. The second-order valence-electron chi connectivity index (χ2n) is 7.79. The van der Waals surface area contributed by atoms with Gasteiger partial charge in [0, 0.05) is 17.0 Å². The van der Waals surface area contributed by atoms with Crippen LogP contribution in [0, 0.1) is 5.41 Å². The second kappa shape index (κ2) is 8.97. The molecule has 31 heavy (non-hydrogen) atoms. The molecular weight excluding hydrogens is 439 g/mol. The van der Waals surface area contributed by atoms with Crippen LogP contribution >= 0.6 is 23.2 Å². The van der Waals surface area contributed by atoms with E-state index in [2.05, 4.69) is 15.7 Å². The van der Waals surface area contributed by atoms with E-state index >= 15 is 0 Å². The van der Waals surface area contributed by atoms with Crippen molar-refractivity contribution in [3.8, 4) is 5.69 Å². The number of amidine groups is 1. The lowest BCUT2D eigenvalue weighted by atomic mass is 9.92. The van der Waals surface area contributed by atoms with Gasteiger partial charge < -0.3 is 5.32 Å². The molecule has 8 nitrogen and oxygen atoms in total. The Morgan fingerprint density at radius 2 is 1.81 bits per heavy atom. The quantitative estimate of drug-likeness (QED) is 0.203. The number of carbonyl (C=O) groups is 1. The van der Waals surface area contributed by atoms with Gasteiger partial charge in [-0.15, -0.1) is 0 Å². The molecular formula is C21H22Cl2N6O2. The molecule has 0 saturated carbocycles. The molecule has 0 saturated heterocycles. The molecule has 2 aromatic carbocycles. The number of hydrogen-bond donors (Lipinski definition) is 5. The van der Waals surface area contributed by atoms with Gasteiger partial charge in [-0.2, -0.15) is 5.10 Å². The van der Waals surface area contributed by atoms with Crippen molar-refractivity contribution >= 4 is 46.6 Å². The van der Waals surface area contributed by atoms with Crippen LogP contribution in [0.15, 0.2) is 48.5 Å². The van der Waals surface area contributed by atoms with Crippen molar-refractivity contribution in [1.82, 2.24) is 15.3 Å². The highest BCUT2D eigenvalue weighted by molar-refractivity contribution is 6.44. The third kappa shape index (κ3) is 5.16. The largest absolute Gasteiger partial charge is 0.324 e. The van der Waals surface area contributed by atoms with Gasteiger partial charge in [0.15, 0.2) is 0 Å². The van der Waals surface area contributed by atoms with Crippen molar-refractivity contribution in [1.29, 1.82) is 5.41 Å². The fourth-order valence-corrected chi connectivity index (χ4v) is 3.11. The summed E-state index contributed by atoms with van der Waals surface area (Å²) >= 11 is 12.2. The number of hydroxylamine groups is 1. The Morgan fingerprint density at radius 3 is 2.48 bits per heavy atom. The fourth-order valence-electron chi connectivity index (χ4n) is 2.76. The first-order chi connectivity index (χ1) is 14.6. The highest BCUT2D eigenvalue weighted by atomic mass is 35.5. The molecule has 0 aliphatic carbocycles. The Hall–Kier alpha value is -3.07. The number of carbonyl (C=O) groups excluding carboxylic acids is 1. The van der Waals surface area contributed by atoms with Crippen molar-refractivity contribution in [3.63, 3.8) is 0 Å². The standard InChI is InChI=1S/C21H22Cl2N6O2/c1-21(2,3)16-11-17(26-20(30)25-15-9-5-8-14(22)18(15)23)29(27-16)13-7-4-6-12(10-13)19(24)28-31/h4-11,31H,1-3H3,(H2,24,28)(H2,25,26,30). The topological polar surface area (TPSA) is 115 Å². The summed E-state index contributed by atoms with van der Waals surface area (Å²) in [4.78, 5) is 12.7. The van der Waals surface area contributed by atoms with Crippen molar-refractivity contribution in [2.24, 2.45) is 0 Å². The Kier molecular flexibility index (Phi) is 6.54. The second-order valence-corrected chi connectivity index (χ2v) is 8.58. The van der Waals surface area contributed by atoms with E-state index < -0.39 is 6.03 Å². The van der Waals surface area contributed by atoms with Gasteiger partial charge in [-0.1, -0.05) is 62.2 Å². The van der Waals surface area contributed by atoms with E-state index in [0.717, 1.165) is 5.69 Å². The van der Waals surface area contributed by atoms with E-state index in [-0.39, 0.29) is 16.3 Å². The van der Waals surface area contributed by atoms with Crippen molar-refractivity contribution < 1.29 is 10.0 Å². The van der Waals surface area contributed by atoms with Gasteiger partial charge in [0.25, 0.3) is 0 Å². The third-order valence-corrected chi connectivity index (χ3v) is 5.23. The summed E-state index contributed by atoms with van der Waals surface area (Å²) in [5.74, 6) is 0.258. The first-order valence-corrected chi connectivity index (χ1v) is 10.1. The molecule has 0 fully saturated rings. The number of rotatable bonds is 4. The number of hydrogen-bond acceptors (Lipinski definition) is 4. The number of nitrogens with one attached hydrogen (secondary N) is 4. The highest BCUT2D eigenvalue weighted by Crippen LogP contribution is 2.30. The maximum atomic E-state index is 12.7. The predicted octanol–water partition coefficient (Wildman–Crippen LogP) is 5.42. The number of anilines is 2. The lowest BCUT2D eigenvalue weighted by Gasteiger charge is -2.14. The average Bonchev–Trinajstić information content (AvgIpc) is 3.15. The predicted molar refractivity (Wildman–Crippen MR) is 123 cm³/mol. The van der Waals surface area contributed by atoms with Gasteiger partial charge in [-0.3, -0.25) is 21.4 Å². The number of halogens is 2. The first kappa shape index (κ1) is 22.6. The number of amides is 2. The molecule has 5 N–H and O–H groups in total. The molecule has 1 heterocycles. The van der Waals surface area contributed by atoms with E-state index in [9.17, 15) is 4.79 Å². The van der Waals surface area contributed by atoms with Crippen LogP contribution in [0.4, 0.5) is 16.3 Å². The molecule has 0 atom stereocenters. The van der Waals surface area contributed by atoms with Crippen LogP contribution in [0.25, 0.3) is 5.69 Å². The molecule has 0 radical (unpaired) electrons. The minimum Gasteiger partial charge on any atom is -0.306 e. The molecule has 3 aromatic rings. The summed E-state index contributed by atoms with van der Waals surface area (Å²) in [6.45, 7) is 6.03. The molecule has 0 spiro atoms. The van der Waals surface area contributed by atoms with E-state index in [0.29, 0.717) is 27.8 Å². The Labute approximate surface area is 189 Å². The smallest absolute Gasteiger partial charge is 0.306 e. The minimum atomic E-state index is -0.522. The van der Waals surface area contributed by atoms with Crippen molar-refractivity contribution in [2.45, 2.75) is 26.2 Å². The fraction of sp³-hybridized carbons (Fsp3) is 0.190. The van der Waals surface area contributed by atoms with Gasteiger partial charge in [0.05, 0.1) is 27.1 Å². The summed E-state index contributed by atoms with van der Waals surface area (Å²) < 4.78 is 1.56. The lowest BCUT2D eigenvalue weighted by molar-refractivity contribution is 0.234. The van der Waals surface area contributed by atoms with Crippen LogP contribution in [0.1, 0.15) is 32.0 Å². The molecule has 10 heteroatoms. The molecule has 3 rings (SSSR count). The van der Waals surface area contributed by atoms with E-state index in [1.807, 2.05) is 26.3 Å². The molecule has 2 amide bonds.